The van der Waals surface area contributed by atoms with E-state index in [9.17, 15) is 4.79 Å². The van der Waals surface area contributed by atoms with Crippen LogP contribution >= 0.6 is 24.0 Å². The molecule has 0 saturated carbocycles. The number of ether oxygens (including phenoxy) is 1. The van der Waals surface area contributed by atoms with Crippen LogP contribution in [0.25, 0.3) is 0 Å². The Balaban J connectivity index is 0.00000243. The second-order valence-corrected chi connectivity index (χ2v) is 6.06. The van der Waals surface area contributed by atoms with E-state index in [0.717, 1.165) is 11.1 Å². The maximum absolute atomic E-state index is 11.2. The minimum absolute atomic E-state index is 0. The van der Waals surface area contributed by atoms with Crippen LogP contribution in [0.5, 0.6) is 5.75 Å². The second-order valence-electron chi connectivity index (χ2n) is 5.63. The van der Waals surface area contributed by atoms with Gasteiger partial charge in [0.15, 0.2) is 0 Å². The Kier molecular flexibility index (Phi) is 6.66. The molecule has 1 aromatic heterocycles. The molecule has 26 heavy (non-hydrogen) atoms. The summed E-state index contributed by atoms with van der Waals surface area (Å²) in [6.45, 7) is 0.441. The quantitative estimate of drug-likeness (QED) is 0.676. The number of carboxylic acid groups (broad SMARTS) is 1. The molecule has 1 N–H and O–H groups in total. The number of carboxylic acids is 1. The van der Waals surface area contributed by atoms with Gasteiger partial charge in [-0.3, -0.25) is 0 Å². The number of hydrogen-bond donors (Lipinski definition) is 1. The average Bonchev–Trinajstić information content (AvgIpc) is 2.96. The van der Waals surface area contributed by atoms with Crippen molar-refractivity contribution in [1.29, 1.82) is 0 Å². The third kappa shape index (κ3) is 4.56. The van der Waals surface area contributed by atoms with Crippen LogP contribution in [-0.2, 0) is 20.1 Å². The number of aromatic nitrogens is 2. The summed E-state index contributed by atoms with van der Waals surface area (Å²) < 4.78 is 7.49. The Morgan fingerprint density at radius 2 is 1.96 bits per heavy atom. The van der Waals surface area contributed by atoms with Crippen molar-refractivity contribution in [1.82, 2.24) is 9.55 Å². The third-order valence-corrected chi connectivity index (χ3v) is 4.15. The molecule has 0 aliphatic carbocycles. The van der Waals surface area contributed by atoms with Crippen LogP contribution in [-0.4, -0.2) is 20.6 Å². The molecule has 0 unspecified atom stereocenters. The van der Waals surface area contributed by atoms with Gasteiger partial charge in [-0.25, -0.2) is 9.78 Å². The monoisotopic (exact) mass is 392 g/mol. The Morgan fingerprint density at radius 3 is 2.62 bits per heavy atom. The lowest BCUT2D eigenvalue weighted by molar-refractivity contribution is 0.0686. The molecule has 0 saturated heterocycles. The minimum atomic E-state index is -1.01. The SMILES string of the molecule is Cl.Cn1c(C(=O)O)cnc1Cc1cc(Cl)ccc1OCc1ccccc1. The normalized spacial score (nSPS) is 10.2. The first-order chi connectivity index (χ1) is 12.0. The molecular weight excluding hydrogens is 375 g/mol. The van der Waals surface area contributed by atoms with Crippen molar-refractivity contribution in [3.05, 3.63) is 82.4 Å². The van der Waals surface area contributed by atoms with Gasteiger partial charge in [0.25, 0.3) is 0 Å². The first kappa shape index (κ1) is 19.8. The van der Waals surface area contributed by atoms with E-state index in [-0.39, 0.29) is 18.1 Å². The van der Waals surface area contributed by atoms with Gasteiger partial charge in [-0.05, 0) is 23.8 Å². The number of aromatic carboxylic acids is 1. The highest BCUT2D eigenvalue weighted by molar-refractivity contribution is 6.30. The van der Waals surface area contributed by atoms with Crippen molar-refractivity contribution in [2.45, 2.75) is 13.0 Å². The Hall–Kier alpha value is -2.50. The van der Waals surface area contributed by atoms with Gasteiger partial charge in [0.05, 0.1) is 6.20 Å². The molecule has 0 radical (unpaired) electrons. The van der Waals surface area contributed by atoms with Gasteiger partial charge in [-0.2, -0.15) is 0 Å². The van der Waals surface area contributed by atoms with E-state index >= 15 is 0 Å². The van der Waals surface area contributed by atoms with E-state index in [0.29, 0.717) is 29.6 Å². The van der Waals surface area contributed by atoms with Crippen molar-refractivity contribution >= 4 is 30.0 Å². The third-order valence-electron chi connectivity index (χ3n) is 3.91. The molecule has 136 valence electrons. The summed E-state index contributed by atoms with van der Waals surface area (Å²) in [6.07, 6.45) is 1.78. The van der Waals surface area contributed by atoms with Crippen LogP contribution in [0.2, 0.25) is 5.02 Å². The van der Waals surface area contributed by atoms with E-state index in [1.807, 2.05) is 42.5 Å². The first-order valence-electron chi connectivity index (χ1n) is 7.73. The molecule has 0 spiro atoms. The van der Waals surface area contributed by atoms with Crippen LogP contribution in [0.1, 0.15) is 27.4 Å². The molecule has 0 atom stereocenters. The standard InChI is InChI=1S/C19H17ClN2O3.ClH/c1-22-16(19(23)24)11-21-18(22)10-14-9-15(20)7-8-17(14)25-12-13-5-3-2-4-6-13;/h2-9,11H,10,12H2,1H3,(H,23,24);1H. The van der Waals surface area contributed by atoms with Gasteiger partial charge in [0, 0.05) is 24.1 Å². The molecule has 3 aromatic rings. The lowest BCUT2D eigenvalue weighted by Gasteiger charge is -2.12. The van der Waals surface area contributed by atoms with Crippen molar-refractivity contribution in [3.63, 3.8) is 0 Å². The molecule has 3 rings (SSSR count). The summed E-state index contributed by atoms with van der Waals surface area (Å²) >= 11 is 6.12. The molecule has 0 bridgehead atoms. The van der Waals surface area contributed by atoms with Gasteiger partial charge in [0.2, 0.25) is 0 Å². The summed E-state index contributed by atoms with van der Waals surface area (Å²) in [4.78, 5) is 15.4. The van der Waals surface area contributed by atoms with E-state index in [1.54, 1.807) is 17.7 Å². The zero-order chi connectivity index (χ0) is 17.8. The van der Waals surface area contributed by atoms with E-state index in [1.165, 1.54) is 6.20 Å². The second kappa shape index (κ2) is 8.74. The molecule has 7 heteroatoms. The fourth-order valence-corrected chi connectivity index (χ4v) is 2.74. The van der Waals surface area contributed by atoms with Crippen molar-refractivity contribution in [2.24, 2.45) is 7.05 Å². The molecule has 1 heterocycles. The number of hydrogen-bond acceptors (Lipinski definition) is 3. The van der Waals surface area contributed by atoms with E-state index < -0.39 is 5.97 Å². The maximum Gasteiger partial charge on any atom is 0.354 e. The number of carbonyl (C=O) groups is 1. The van der Waals surface area contributed by atoms with Crippen LogP contribution < -0.4 is 4.74 Å². The van der Waals surface area contributed by atoms with E-state index in [4.69, 9.17) is 21.4 Å². The number of nitrogens with zero attached hydrogens (tertiary/aromatic N) is 2. The van der Waals surface area contributed by atoms with Crippen molar-refractivity contribution in [3.8, 4) is 5.75 Å². The van der Waals surface area contributed by atoms with Gasteiger partial charge in [-0.15, -0.1) is 12.4 Å². The Labute approximate surface area is 162 Å². The Bertz CT molecular complexity index is 895. The zero-order valence-electron chi connectivity index (χ0n) is 14.1. The van der Waals surface area contributed by atoms with Gasteiger partial charge in [0.1, 0.15) is 23.9 Å². The van der Waals surface area contributed by atoms with Crippen LogP contribution in [0.4, 0.5) is 0 Å². The van der Waals surface area contributed by atoms with Gasteiger partial charge in [-0.1, -0.05) is 41.9 Å². The van der Waals surface area contributed by atoms with E-state index in [2.05, 4.69) is 4.98 Å². The molecule has 0 aliphatic heterocycles. The lowest BCUT2D eigenvalue weighted by Crippen LogP contribution is -2.08. The van der Waals surface area contributed by atoms with Gasteiger partial charge < -0.3 is 14.4 Å². The smallest absolute Gasteiger partial charge is 0.354 e. The summed E-state index contributed by atoms with van der Waals surface area (Å²) in [7, 11) is 1.68. The number of halogens is 2. The predicted octanol–water partition coefficient (Wildman–Crippen LogP) is 4.36. The number of imidazole rings is 1. The Morgan fingerprint density at radius 1 is 1.23 bits per heavy atom. The van der Waals surface area contributed by atoms with Crippen LogP contribution in [0, 0.1) is 0 Å². The lowest BCUT2D eigenvalue weighted by atomic mass is 10.1. The minimum Gasteiger partial charge on any atom is -0.489 e. The average molecular weight is 393 g/mol. The molecule has 0 amide bonds. The molecule has 5 nitrogen and oxygen atoms in total. The molecule has 0 fully saturated rings. The number of rotatable bonds is 6. The summed E-state index contributed by atoms with van der Waals surface area (Å²) in [6, 6.07) is 15.3. The highest BCUT2D eigenvalue weighted by Crippen LogP contribution is 2.26. The van der Waals surface area contributed by atoms with Crippen LogP contribution in [0.3, 0.4) is 0 Å². The number of benzene rings is 2. The highest BCUT2D eigenvalue weighted by Gasteiger charge is 2.15. The molecule has 2 aromatic carbocycles. The van der Waals surface area contributed by atoms with Gasteiger partial charge >= 0.3 is 5.97 Å². The summed E-state index contributed by atoms with van der Waals surface area (Å²) in [5.74, 6) is 0.324. The fraction of sp³-hybridized carbons (Fsp3) is 0.158. The summed E-state index contributed by atoms with van der Waals surface area (Å²) in [5, 5.41) is 9.74. The first-order valence-corrected chi connectivity index (χ1v) is 8.11. The summed E-state index contributed by atoms with van der Waals surface area (Å²) in [5.41, 5.74) is 2.06. The maximum atomic E-state index is 11.2. The predicted molar refractivity (Wildman–Crippen MR) is 102 cm³/mol. The zero-order valence-corrected chi connectivity index (χ0v) is 15.6. The van der Waals surface area contributed by atoms with Crippen LogP contribution in [0.15, 0.2) is 54.7 Å². The molecule has 0 aliphatic rings. The fourth-order valence-electron chi connectivity index (χ4n) is 2.54. The van der Waals surface area contributed by atoms with Crippen molar-refractivity contribution < 1.29 is 14.6 Å². The highest BCUT2D eigenvalue weighted by atomic mass is 35.5. The van der Waals surface area contributed by atoms with Crippen molar-refractivity contribution in [2.75, 3.05) is 0 Å². The molecular formula is C19H18Cl2N2O3. The topological polar surface area (TPSA) is 64.4 Å². The largest absolute Gasteiger partial charge is 0.489 e.